The summed E-state index contributed by atoms with van der Waals surface area (Å²) in [7, 11) is -2.54. The lowest BCUT2D eigenvalue weighted by Gasteiger charge is -2.10. The van der Waals surface area contributed by atoms with E-state index in [0.29, 0.717) is 11.4 Å². The van der Waals surface area contributed by atoms with Gasteiger partial charge in [0, 0.05) is 17.3 Å². The molecule has 2 N–H and O–H groups in total. The lowest BCUT2D eigenvalue weighted by molar-refractivity contribution is -0.384. The highest BCUT2D eigenvalue weighted by Crippen LogP contribution is 2.29. The van der Waals surface area contributed by atoms with Crippen LogP contribution in [0.5, 0.6) is 5.75 Å². The van der Waals surface area contributed by atoms with Crippen molar-refractivity contribution in [3.8, 4) is 5.75 Å². The van der Waals surface area contributed by atoms with Crippen LogP contribution in [0.15, 0.2) is 64.6 Å². The van der Waals surface area contributed by atoms with E-state index in [1.807, 2.05) is 32.9 Å². The molecule has 0 atom stereocenters. The van der Waals surface area contributed by atoms with Crippen LogP contribution in [0.4, 0.5) is 17.1 Å². The summed E-state index contributed by atoms with van der Waals surface area (Å²) in [5.41, 5.74) is 6.69. The zero-order chi connectivity index (χ0) is 24.2. The average molecular weight is 469 g/mol. The molecule has 10 heteroatoms. The Morgan fingerprint density at radius 2 is 1.64 bits per heavy atom. The van der Waals surface area contributed by atoms with Gasteiger partial charge >= 0.3 is 0 Å². The fourth-order valence-electron chi connectivity index (χ4n) is 3.36. The monoisotopic (exact) mass is 468 g/mol. The van der Waals surface area contributed by atoms with Crippen molar-refractivity contribution in [3.63, 3.8) is 0 Å². The fraction of sp³-hybridized carbons (Fsp3) is 0.174. The Morgan fingerprint density at radius 1 is 1.00 bits per heavy atom. The third-order valence-corrected chi connectivity index (χ3v) is 6.31. The number of hydrazone groups is 1. The standard InChI is InChI=1S/C23H24N4O5S/c1-15-11-16(2)21(17(3)12-15)14-24-25-22-10-9-20(13-23(22)27(28)29)33(30,31)26-18-5-7-19(32-4)8-6-18/h5-14,25-26H,1-4H3. The molecule has 0 unspecified atom stereocenters. The molecule has 0 fully saturated rings. The second-order valence-corrected chi connectivity index (χ2v) is 9.13. The quantitative estimate of drug-likeness (QED) is 0.279. The van der Waals surface area contributed by atoms with Gasteiger partial charge in [-0.05, 0) is 68.3 Å². The normalized spacial score (nSPS) is 11.4. The summed E-state index contributed by atoms with van der Waals surface area (Å²) in [5, 5.41) is 15.7. The second kappa shape index (κ2) is 9.70. The van der Waals surface area contributed by atoms with Gasteiger partial charge in [-0.3, -0.25) is 20.3 Å². The molecule has 0 saturated heterocycles. The summed E-state index contributed by atoms with van der Waals surface area (Å²) in [5.74, 6) is 0.570. The first-order valence-electron chi connectivity index (χ1n) is 9.93. The molecule has 0 saturated carbocycles. The van der Waals surface area contributed by atoms with E-state index in [9.17, 15) is 18.5 Å². The largest absolute Gasteiger partial charge is 0.497 e. The smallest absolute Gasteiger partial charge is 0.295 e. The van der Waals surface area contributed by atoms with Crippen LogP contribution in [0, 0.1) is 30.9 Å². The van der Waals surface area contributed by atoms with E-state index in [0.717, 1.165) is 28.3 Å². The molecular formula is C23H24N4O5S. The van der Waals surface area contributed by atoms with Crippen LogP contribution in [0.2, 0.25) is 0 Å². The number of benzene rings is 3. The molecule has 0 aromatic heterocycles. The van der Waals surface area contributed by atoms with Gasteiger partial charge in [0.05, 0.1) is 23.1 Å². The number of nitrogens with zero attached hydrogens (tertiary/aromatic N) is 2. The van der Waals surface area contributed by atoms with E-state index in [2.05, 4.69) is 15.2 Å². The highest BCUT2D eigenvalue weighted by molar-refractivity contribution is 7.92. The summed E-state index contributed by atoms with van der Waals surface area (Å²) in [6.07, 6.45) is 1.59. The highest BCUT2D eigenvalue weighted by Gasteiger charge is 2.21. The fourth-order valence-corrected chi connectivity index (χ4v) is 4.44. The lowest BCUT2D eigenvalue weighted by atomic mass is 10.0. The van der Waals surface area contributed by atoms with Crippen LogP contribution >= 0.6 is 0 Å². The van der Waals surface area contributed by atoms with Gasteiger partial charge in [-0.2, -0.15) is 5.10 Å². The molecule has 0 amide bonds. The third-order valence-electron chi connectivity index (χ3n) is 4.94. The maximum atomic E-state index is 12.7. The highest BCUT2D eigenvalue weighted by atomic mass is 32.2. The first kappa shape index (κ1) is 23.7. The number of nitro groups is 1. The van der Waals surface area contributed by atoms with Gasteiger partial charge in [0.25, 0.3) is 15.7 Å². The van der Waals surface area contributed by atoms with E-state index in [4.69, 9.17) is 4.74 Å². The van der Waals surface area contributed by atoms with Crippen LogP contribution in [0.25, 0.3) is 0 Å². The van der Waals surface area contributed by atoms with Gasteiger partial charge in [0.15, 0.2) is 0 Å². The van der Waals surface area contributed by atoms with E-state index in [-0.39, 0.29) is 10.6 Å². The van der Waals surface area contributed by atoms with Crippen molar-refractivity contribution in [2.24, 2.45) is 5.10 Å². The van der Waals surface area contributed by atoms with Crippen molar-refractivity contribution >= 4 is 33.3 Å². The summed E-state index contributed by atoms with van der Waals surface area (Å²) < 4.78 is 32.9. The Morgan fingerprint density at radius 3 is 2.21 bits per heavy atom. The number of nitrogens with one attached hydrogen (secondary N) is 2. The van der Waals surface area contributed by atoms with Gasteiger partial charge in [0.2, 0.25) is 0 Å². The maximum Gasteiger partial charge on any atom is 0.295 e. The predicted molar refractivity (Wildman–Crippen MR) is 129 cm³/mol. The Kier molecular flexibility index (Phi) is 6.98. The number of nitro benzene ring substituents is 1. The first-order chi connectivity index (χ1) is 15.6. The summed E-state index contributed by atoms with van der Waals surface area (Å²) in [6.45, 7) is 5.92. The molecular weight excluding hydrogens is 444 g/mol. The number of hydrogen-bond acceptors (Lipinski definition) is 7. The van der Waals surface area contributed by atoms with Crippen LogP contribution in [-0.2, 0) is 10.0 Å². The molecule has 0 spiro atoms. The summed E-state index contributed by atoms with van der Waals surface area (Å²) in [4.78, 5) is 10.7. The molecule has 3 aromatic rings. The molecule has 0 aliphatic carbocycles. The minimum absolute atomic E-state index is 0.0714. The number of sulfonamides is 1. The number of rotatable bonds is 8. The molecule has 172 valence electrons. The van der Waals surface area contributed by atoms with Gasteiger partial charge in [-0.15, -0.1) is 0 Å². The number of anilines is 2. The molecule has 33 heavy (non-hydrogen) atoms. The maximum absolute atomic E-state index is 12.7. The Labute approximate surface area is 192 Å². The third kappa shape index (κ3) is 5.66. The topological polar surface area (TPSA) is 123 Å². The van der Waals surface area contributed by atoms with Crippen molar-refractivity contribution in [1.82, 2.24) is 0 Å². The Hall–Kier alpha value is -3.92. The van der Waals surface area contributed by atoms with Gasteiger partial charge < -0.3 is 4.74 Å². The Balaban J connectivity index is 1.85. The van der Waals surface area contributed by atoms with Gasteiger partial charge in [0.1, 0.15) is 11.4 Å². The SMILES string of the molecule is COc1ccc(NS(=O)(=O)c2ccc(NN=Cc3c(C)cc(C)cc3C)c([N+](=O)[O-])c2)cc1. The zero-order valence-corrected chi connectivity index (χ0v) is 19.4. The number of methoxy groups -OCH3 is 1. The molecule has 0 bridgehead atoms. The van der Waals surface area contributed by atoms with Crippen LogP contribution < -0.4 is 14.9 Å². The predicted octanol–water partition coefficient (Wildman–Crippen LogP) is 4.78. The van der Waals surface area contributed by atoms with Crippen molar-refractivity contribution in [2.75, 3.05) is 17.3 Å². The first-order valence-corrected chi connectivity index (χ1v) is 11.4. The van der Waals surface area contributed by atoms with E-state index < -0.39 is 20.6 Å². The number of hydrogen-bond donors (Lipinski definition) is 2. The lowest BCUT2D eigenvalue weighted by Crippen LogP contribution is -2.13. The van der Waals surface area contributed by atoms with Crippen molar-refractivity contribution in [2.45, 2.75) is 25.7 Å². The van der Waals surface area contributed by atoms with Crippen molar-refractivity contribution in [3.05, 3.63) is 87.0 Å². The van der Waals surface area contributed by atoms with E-state index >= 15 is 0 Å². The minimum Gasteiger partial charge on any atom is -0.497 e. The number of ether oxygens (including phenoxy) is 1. The van der Waals surface area contributed by atoms with E-state index in [1.54, 1.807) is 18.3 Å². The molecule has 0 aliphatic heterocycles. The van der Waals surface area contributed by atoms with Gasteiger partial charge in [-0.25, -0.2) is 8.42 Å². The molecule has 3 aromatic carbocycles. The van der Waals surface area contributed by atoms with Crippen molar-refractivity contribution < 1.29 is 18.1 Å². The zero-order valence-electron chi connectivity index (χ0n) is 18.6. The average Bonchev–Trinajstić information content (AvgIpc) is 2.75. The molecule has 3 rings (SSSR count). The number of aryl methyl sites for hydroxylation is 3. The van der Waals surface area contributed by atoms with Gasteiger partial charge in [-0.1, -0.05) is 17.7 Å². The van der Waals surface area contributed by atoms with Crippen molar-refractivity contribution in [1.29, 1.82) is 0 Å². The molecule has 0 aliphatic rings. The molecule has 0 radical (unpaired) electrons. The molecule has 0 heterocycles. The van der Waals surface area contributed by atoms with Crippen LogP contribution in [0.3, 0.4) is 0 Å². The molecule has 9 nitrogen and oxygen atoms in total. The Bertz CT molecular complexity index is 1300. The second-order valence-electron chi connectivity index (χ2n) is 7.45. The van der Waals surface area contributed by atoms with Crippen LogP contribution in [0.1, 0.15) is 22.3 Å². The summed E-state index contributed by atoms with van der Waals surface area (Å²) in [6, 6.07) is 13.9. The van der Waals surface area contributed by atoms with E-state index in [1.165, 1.54) is 31.4 Å². The summed E-state index contributed by atoms with van der Waals surface area (Å²) >= 11 is 0. The van der Waals surface area contributed by atoms with Crippen LogP contribution in [-0.4, -0.2) is 26.7 Å². The minimum atomic E-state index is -4.05.